The van der Waals surface area contributed by atoms with Gasteiger partial charge in [-0.1, -0.05) is 27.7 Å². The molecule has 1 amide bonds. The van der Waals surface area contributed by atoms with Gasteiger partial charge in [0, 0.05) is 25.8 Å². The lowest BCUT2D eigenvalue weighted by Crippen LogP contribution is -2.66. The monoisotopic (exact) mass is 916 g/mol. The number of aliphatic hydroxyl groups excluding tert-OH is 9. The first-order chi connectivity index (χ1) is 30.2. The Labute approximate surface area is 376 Å². The van der Waals surface area contributed by atoms with E-state index in [1.165, 1.54) is 13.8 Å². The van der Waals surface area contributed by atoms with Gasteiger partial charge in [-0.25, -0.2) is 0 Å². The molecular formula is C46H77NO17. The minimum Gasteiger partial charge on any atom is -0.394 e. The Morgan fingerprint density at radius 3 is 2.11 bits per heavy atom. The molecule has 3 heterocycles. The Morgan fingerprint density at radius 2 is 1.41 bits per heavy atom. The number of nitrogens with one attached hydrogen (secondary N) is 1. The standard InChI is InChI=1S/C46H77NO17/c1-20(17-47-23(4)49)7-10-29(50)21(2)33-30(51)16-28-26-9-8-24-15-25(11-13-45(24,5)27(26)12-14-46(28,33)6)61-43-39(58)37(56)40(32(18-48)62-43)63-44-41(36(55)34(53)22(3)60-44)64-42-38(57)35(54)31(52)19-59-42/h20-22,24-28,30-44,48,51-58H,7-19H2,1-6H3,(H,47,49). The Kier molecular flexibility index (Phi) is 16.0. The molecule has 7 rings (SSSR count). The number of carbonyl (C=O) groups excluding carboxylic acids is 2. The quantitative estimate of drug-likeness (QED) is 0.102. The number of carbonyl (C=O) groups is 2. The summed E-state index contributed by atoms with van der Waals surface area (Å²) in [5.41, 5.74) is -0.112. The molecule has 3 aliphatic heterocycles. The predicted molar refractivity (Wildman–Crippen MR) is 224 cm³/mol. The molecule has 4 saturated carbocycles. The second-order valence-electron chi connectivity index (χ2n) is 21.2. The van der Waals surface area contributed by atoms with Crippen molar-refractivity contribution in [1.29, 1.82) is 0 Å². The molecule has 0 spiro atoms. The van der Waals surface area contributed by atoms with Crippen molar-refractivity contribution in [3.05, 3.63) is 0 Å². The molecular weight excluding hydrogens is 838 g/mol. The van der Waals surface area contributed by atoms with Crippen LogP contribution in [0.25, 0.3) is 0 Å². The van der Waals surface area contributed by atoms with Crippen LogP contribution >= 0.6 is 0 Å². The van der Waals surface area contributed by atoms with E-state index in [4.69, 9.17) is 28.4 Å². The molecule has 0 radical (unpaired) electrons. The summed E-state index contributed by atoms with van der Waals surface area (Å²) in [6.45, 7) is 11.2. The van der Waals surface area contributed by atoms with Gasteiger partial charge in [0.2, 0.25) is 5.91 Å². The zero-order valence-corrected chi connectivity index (χ0v) is 38.3. The van der Waals surface area contributed by atoms with Crippen LogP contribution in [0.3, 0.4) is 0 Å². The molecule has 64 heavy (non-hydrogen) atoms. The summed E-state index contributed by atoms with van der Waals surface area (Å²) < 4.78 is 35.5. The topological polar surface area (TPSA) is 284 Å². The minimum atomic E-state index is -1.73. The van der Waals surface area contributed by atoms with E-state index in [0.717, 1.165) is 38.5 Å². The summed E-state index contributed by atoms with van der Waals surface area (Å²) in [6, 6.07) is 0. The second kappa shape index (κ2) is 20.2. The maximum Gasteiger partial charge on any atom is 0.216 e. The summed E-state index contributed by atoms with van der Waals surface area (Å²) in [5.74, 6) is 1.48. The number of ether oxygens (including phenoxy) is 6. The first-order valence-electron chi connectivity index (χ1n) is 23.9. The molecule has 368 valence electrons. The number of aliphatic hydroxyl groups is 9. The van der Waals surface area contributed by atoms with E-state index < -0.39 is 105 Å². The summed E-state index contributed by atoms with van der Waals surface area (Å²) in [7, 11) is 0. The summed E-state index contributed by atoms with van der Waals surface area (Å²) in [6.07, 6.45) is -13.6. The molecule has 0 aromatic rings. The number of rotatable bonds is 14. The molecule has 0 aromatic heterocycles. The van der Waals surface area contributed by atoms with Crippen molar-refractivity contribution in [2.45, 2.75) is 204 Å². The van der Waals surface area contributed by atoms with Gasteiger partial charge >= 0.3 is 0 Å². The lowest BCUT2D eigenvalue weighted by Gasteiger charge is -2.61. The van der Waals surface area contributed by atoms with Crippen molar-refractivity contribution in [3.63, 3.8) is 0 Å². The second-order valence-corrected chi connectivity index (χ2v) is 21.2. The van der Waals surface area contributed by atoms with Gasteiger partial charge in [-0.05, 0) is 111 Å². The normalized spacial score (nSPS) is 50.4. The van der Waals surface area contributed by atoms with Crippen LogP contribution < -0.4 is 5.32 Å². The van der Waals surface area contributed by atoms with Crippen LogP contribution in [-0.2, 0) is 38.0 Å². The summed E-state index contributed by atoms with van der Waals surface area (Å²) in [5, 5.41) is 100. The molecule has 3 saturated heterocycles. The van der Waals surface area contributed by atoms with Crippen LogP contribution in [0.4, 0.5) is 0 Å². The molecule has 18 nitrogen and oxygen atoms in total. The lowest BCUT2D eigenvalue weighted by molar-refractivity contribution is -0.383. The van der Waals surface area contributed by atoms with Gasteiger partial charge in [-0.15, -0.1) is 0 Å². The van der Waals surface area contributed by atoms with Crippen molar-refractivity contribution >= 4 is 11.7 Å². The maximum atomic E-state index is 13.6. The van der Waals surface area contributed by atoms with Crippen molar-refractivity contribution < 1.29 is 84.0 Å². The van der Waals surface area contributed by atoms with Gasteiger partial charge < -0.3 is 79.7 Å². The van der Waals surface area contributed by atoms with Crippen LogP contribution in [0.15, 0.2) is 0 Å². The molecule has 7 aliphatic rings. The zero-order chi connectivity index (χ0) is 46.6. The first kappa shape index (κ1) is 50.4. The van der Waals surface area contributed by atoms with Crippen LogP contribution in [-0.4, -0.2) is 176 Å². The van der Waals surface area contributed by atoms with Gasteiger partial charge in [-0.2, -0.15) is 0 Å². The number of fused-ring (bicyclic) bond motifs is 5. The highest BCUT2D eigenvalue weighted by molar-refractivity contribution is 5.81. The molecule has 18 heteroatoms. The molecule has 0 aromatic carbocycles. The van der Waals surface area contributed by atoms with Crippen LogP contribution in [0.5, 0.6) is 0 Å². The van der Waals surface area contributed by atoms with Gasteiger partial charge in [0.1, 0.15) is 66.8 Å². The third-order valence-electron chi connectivity index (χ3n) is 17.3. The molecule has 0 bridgehead atoms. The van der Waals surface area contributed by atoms with Crippen molar-refractivity contribution in [2.24, 2.45) is 52.3 Å². The predicted octanol–water partition coefficient (Wildman–Crippen LogP) is -0.126. The van der Waals surface area contributed by atoms with E-state index in [2.05, 4.69) is 19.2 Å². The number of Topliss-reactive ketones (excluding diaryl/α,β-unsaturated/α-hetero) is 1. The lowest BCUT2D eigenvalue weighted by atomic mass is 9.44. The van der Waals surface area contributed by atoms with E-state index in [-0.39, 0.29) is 46.4 Å². The van der Waals surface area contributed by atoms with E-state index in [0.29, 0.717) is 55.9 Å². The Bertz CT molecular complexity index is 1590. The van der Waals surface area contributed by atoms with Gasteiger partial charge in [0.25, 0.3) is 0 Å². The number of amides is 1. The first-order valence-corrected chi connectivity index (χ1v) is 23.9. The number of ketones is 1. The molecule has 25 unspecified atom stereocenters. The third kappa shape index (κ3) is 9.73. The van der Waals surface area contributed by atoms with Crippen LogP contribution in [0.1, 0.15) is 106 Å². The average Bonchev–Trinajstić information content (AvgIpc) is 3.54. The summed E-state index contributed by atoms with van der Waals surface area (Å²) in [4.78, 5) is 25.0. The van der Waals surface area contributed by atoms with E-state index in [1.54, 1.807) is 0 Å². The smallest absolute Gasteiger partial charge is 0.216 e. The van der Waals surface area contributed by atoms with Gasteiger partial charge in [0.15, 0.2) is 18.9 Å². The highest BCUT2D eigenvalue weighted by Crippen LogP contribution is 2.68. The SMILES string of the molecule is CC(=O)NCC(C)CCC(=O)C(C)C1C(O)CC2C3CCC4CC(OC5OC(CO)C(OC6OC(C)C(O)C(O)C6OC6OCC(O)C(O)C6O)C(O)C5O)CCC4(C)C3CCC21C. The van der Waals surface area contributed by atoms with Crippen molar-refractivity contribution in [1.82, 2.24) is 5.32 Å². The van der Waals surface area contributed by atoms with E-state index in [9.17, 15) is 55.5 Å². The Morgan fingerprint density at radius 1 is 0.734 bits per heavy atom. The molecule has 10 N–H and O–H groups in total. The van der Waals surface area contributed by atoms with Crippen molar-refractivity contribution in [3.8, 4) is 0 Å². The highest BCUT2D eigenvalue weighted by atomic mass is 16.8. The van der Waals surface area contributed by atoms with Crippen LogP contribution in [0, 0.1) is 52.3 Å². The summed E-state index contributed by atoms with van der Waals surface area (Å²) >= 11 is 0. The number of hydrogen-bond donors (Lipinski definition) is 10. The minimum absolute atomic E-state index is 0.0290. The average molecular weight is 916 g/mol. The number of hydrogen-bond acceptors (Lipinski definition) is 17. The van der Waals surface area contributed by atoms with Crippen molar-refractivity contribution in [2.75, 3.05) is 19.8 Å². The fraction of sp³-hybridized carbons (Fsp3) is 0.957. The van der Waals surface area contributed by atoms with Gasteiger partial charge in [-0.3, -0.25) is 9.59 Å². The molecule has 4 aliphatic carbocycles. The van der Waals surface area contributed by atoms with E-state index >= 15 is 0 Å². The Balaban J connectivity index is 0.954. The maximum absolute atomic E-state index is 13.6. The molecule has 7 fully saturated rings. The largest absolute Gasteiger partial charge is 0.394 e. The Hall–Kier alpha value is -1.46. The van der Waals surface area contributed by atoms with Crippen LogP contribution in [0.2, 0.25) is 0 Å². The fourth-order valence-corrected chi connectivity index (χ4v) is 13.5. The third-order valence-corrected chi connectivity index (χ3v) is 17.3. The van der Waals surface area contributed by atoms with E-state index in [1.807, 2.05) is 13.8 Å². The highest BCUT2D eigenvalue weighted by Gasteiger charge is 2.64. The molecule has 25 atom stereocenters. The van der Waals surface area contributed by atoms with Gasteiger partial charge in [0.05, 0.1) is 31.5 Å². The fourth-order valence-electron chi connectivity index (χ4n) is 13.5. The zero-order valence-electron chi connectivity index (χ0n) is 38.3.